The minimum atomic E-state index is -7.98. The number of rotatable bonds is 8. The summed E-state index contributed by atoms with van der Waals surface area (Å²) in [6.45, 7) is -2.84. The van der Waals surface area contributed by atoms with Gasteiger partial charge in [0.25, 0.3) is 0 Å². The number of nitrogens with one attached hydrogen (secondary N) is 3. The Morgan fingerprint density at radius 2 is 1.13 bits per heavy atom. The Balaban J connectivity index is 2.99. The molecule has 0 heterocycles. The smallest absolute Gasteiger partial charge is 0.330 e. The third kappa shape index (κ3) is 4.68. The van der Waals surface area contributed by atoms with Gasteiger partial charge >= 0.3 is 41.8 Å². The first-order valence-corrected chi connectivity index (χ1v) is 7.53. The molecule has 1 aromatic rings. The van der Waals surface area contributed by atoms with Crippen LogP contribution in [-0.2, 0) is 0 Å². The predicted molar refractivity (Wildman–Crippen MR) is 77.4 cm³/mol. The molecule has 0 unspecified atom stereocenters. The number of para-hydroxylation sites is 1. The molecule has 0 aliphatic carbocycles. The van der Waals surface area contributed by atoms with Gasteiger partial charge in [-0.1, -0.05) is 18.2 Å². The summed E-state index contributed by atoms with van der Waals surface area (Å²) in [6.07, 6.45) is -7.48. The summed E-state index contributed by atoms with van der Waals surface area (Å²) in [5.74, 6) is -37.5. The van der Waals surface area contributed by atoms with E-state index >= 15 is 0 Å². The number of carbonyl (C=O) groups excluding carboxylic acids is 1. The van der Waals surface area contributed by atoms with Gasteiger partial charge in [-0.05, 0) is 12.1 Å². The summed E-state index contributed by atoms with van der Waals surface area (Å²) in [7, 11) is 0. The van der Waals surface area contributed by atoms with Crippen LogP contribution in [0.4, 0.5) is 67.6 Å². The normalized spacial score (nSPS) is 14.2. The number of halogens is 13. The lowest BCUT2D eigenvalue weighted by Crippen LogP contribution is -2.71. The number of amides is 2. The monoisotopic (exact) mass is 483 g/mol. The zero-order chi connectivity index (χ0) is 24.5. The van der Waals surface area contributed by atoms with Crippen molar-refractivity contribution in [2.45, 2.75) is 35.8 Å². The highest BCUT2D eigenvalue weighted by Crippen LogP contribution is 2.60. The summed E-state index contributed by atoms with van der Waals surface area (Å²) in [5, 5.41) is 0.861. The van der Waals surface area contributed by atoms with Gasteiger partial charge in [-0.15, -0.1) is 0 Å². The van der Waals surface area contributed by atoms with Crippen molar-refractivity contribution < 1.29 is 61.9 Å². The lowest BCUT2D eigenvalue weighted by atomic mass is 9.94. The summed E-state index contributed by atoms with van der Waals surface area (Å²) < 4.78 is 168. The van der Waals surface area contributed by atoms with Crippen molar-refractivity contribution in [1.29, 1.82) is 0 Å². The van der Waals surface area contributed by atoms with Crippen molar-refractivity contribution in [2.75, 3.05) is 12.0 Å². The first-order valence-electron chi connectivity index (χ1n) is 7.53. The van der Waals surface area contributed by atoms with E-state index in [0.29, 0.717) is 0 Å². The number of hydrogen-bond acceptors (Lipinski definition) is 2. The molecule has 0 aliphatic rings. The first kappa shape index (κ1) is 26.4. The Hall–Kier alpha value is -2.62. The topological polar surface area (TPSA) is 53.2 Å². The van der Waals surface area contributed by atoms with Gasteiger partial charge in [0.05, 0.1) is 12.2 Å². The molecular weight excluding hydrogens is 473 g/mol. The van der Waals surface area contributed by atoms with Gasteiger partial charge in [-0.3, -0.25) is 10.9 Å². The van der Waals surface area contributed by atoms with Gasteiger partial charge in [-0.25, -0.2) is 4.79 Å². The fourth-order valence-electron chi connectivity index (χ4n) is 1.80. The van der Waals surface area contributed by atoms with Crippen LogP contribution in [0.15, 0.2) is 30.3 Å². The van der Waals surface area contributed by atoms with Gasteiger partial charge < -0.3 is 5.32 Å². The van der Waals surface area contributed by atoms with Crippen LogP contribution in [0, 0.1) is 0 Å². The summed E-state index contributed by atoms with van der Waals surface area (Å²) in [6, 6.07) is 5.13. The molecule has 0 fully saturated rings. The molecule has 1 rings (SSSR count). The van der Waals surface area contributed by atoms with Crippen molar-refractivity contribution in [2.24, 2.45) is 0 Å². The van der Waals surface area contributed by atoms with E-state index in [0.717, 1.165) is 5.32 Å². The van der Waals surface area contributed by atoms with E-state index in [9.17, 15) is 61.9 Å². The van der Waals surface area contributed by atoms with Crippen molar-refractivity contribution in [3.05, 3.63) is 30.3 Å². The molecule has 3 N–H and O–H groups in total. The Kier molecular flexibility index (Phi) is 6.94. The third-order valence-electron chi connectivity index (χ3n) is 3.56. The van der Waals surface area contributed by atoms with Crippen LogP contribution in [0.2, 0.25) is 0 Å². The Morgan fingerprint density at radius 3 is 1.58 bits per heavy atom. The second-order valence-electron chi connectivity index (χ2n) is 5.80. The molecule has 0 bridgehead atoms. The number of hydrazine groups is 1. The van der Waals surface area contributed by atoms with Crippen molar-refractivity contribution in [1.82, 2.24) is 10.7 Å². The number of anilines is 1. The van der Waals surface area contributed by atoms with Crippen molar-refractivity contribution >= 4 is 11.7 Å². The van der Waals surface area contributed by atoms with Gasteiger partial charge in [0, 0.05) is 0 Å². The molecular formula is C14H10F13N3O. The fourth-order valence-corrected chi connectivity index (χ4v) is 1.80. The number of hydrogen-bond donors (Lipinski definition) is 3. The van der Waals surface area contributed by atoms with Crippen molar-refractivity contribution in [3.63, 3.8) is 0 Å². The standard InChI is InChI=1S/C14H10F13N3O/c15-9(16,6-28-8(31)30-29-7-4-2-1-3-5-7)10(17,18)11(19,20)12(21,22)13(23,24)14(25,26)27/h1-5,29H,6H2,(H2,28,30,31). The molecule has 31 heavy (non-hydrogen) atoms. The molecule has 0 atom stereocenters. The molecule has 2 amide bonds. The van der Waals surface area contributed by atoms with Crippen LogP contribution in [0.3, 0.4) is 0 Å². The lowest BCUT2D eigenvalue weighted by Gasteiger charge is -2.39. The number of urea groups is 1. The zero-order valence-electron chi connectivity index (χ0n) is 14.4. The quantitative estimate of drug-likeness (QED) is 0.358. The molecule has 4 nitrogen and oxygen atoms in total. The zero-order valence-corrected chi connectivity index (χ0v) is 14.4. The van der Waals surface area contributed by atoms with Crippen molar-refractivity contribution in [3.8, 4) is 0 Å². The Morgan fingerprint density at radius 1 is 0.677 bits per heavy atom. The van der Waals surface area contributed by atoms with Crippen LogP contribution in [-0.4, -0.2) is 48.4 Å². The van der Waals surface area contributed by atoms with E-state index < -0.39 is 48.4 Å². The van der Waals surface area contributed by atoms with E-state index in [1.807, 2.05) is 5.43 Å². The first-order chi connectivity index (χ1) is 13.7. The van der Waals surface area contributed by atoms with E-state index in [1.54, 1.807) is 5.43 Å². The number of carbonyl (C=O) groups is 1. The van der Waals surface area contributed by atoms with Crippen LogP contribution in [0.5, 0.6) is 0 Å². The minimum Gasteiger partial charge on any atom is -0.330 e. The average Bonchev–Trinajstić information content (AvgIpc) is 2.64. The minimum absolute atomic E-state index is 0.107. The van der Waals surface area contributed by atoms with E-state index in [4.69, 9.17) is 0 Å². The number of benzene rings is 1. The SMILES string of the molecule is O=C(NCC(F)(F)C(F)(F)C(F)(F)C(F)(F)C(F)(F)C(F)(F)F)NNc1ccccc1. The molecule has 0 saturated heterocycles. The summed E-state index contributed by atoms with van der Waals surface area (Å²) in [4.78, 5) is 11.3. The molecule has 0 spiro atoms. The van der Waals surface area contributed by atoms with E-state index in [2.05, 4.69) is 0 Å². The fraction of sp³-hybridized carbons (Fsp3) is 0.500. The van der Waals surface area contributed by atoms with Gasteiger partial charge in [0.2, 0.25) is 0 Å². The highest BCUT2D eigenvalue weighted by Gasteiger charge is 2.90. The highest BCUT2D eigenvalue weighted by molar-refractivity contribution is 5.75. The molecule has 17 heteroatoms. The predicted octanol–water partition coefficient (Wildman–Crippen LogP) is 5.05. The summed E-state index contributed by atoms with van der Waals surface area (Å²) in [5.41, 5.74) is 3.68. The largest absolute Gasteiger partial charge is 0.460 e. The Bertz CT molecular complexity index is 764. The average molecular weight is 483 g/mol. The molecule has 0 aromatic heterocycles. The second kappa shape index (κ2) is 8.14. The molecule has 178 valence electrons. The van der Waals surface area contributed by atoms with Gasteiger partial charge in [0.1, 0.15) is 0 Å². The maximum atomic E-state index is 13.5. The van der Waals surface area contributed by atoms with Crippen LogP contribution >= 0.6 is 0 Å². The molecule has 0 radical (unpaired) electrons. The lowest BCUT2D eigenvalue weighted by molar-refractivity contribution is -0.439. The Labute approximate surface area is 163 Å². The highest BCUT2D eigenvalue weighted by atomic mass is 19.4. The molecule has 0 aliphatic heterocycles. The third-order valence-corrected chi connectivity index (χ3v) is 3.56. The molecule has 0 saturated carbocycles. The second-order valence-corrected chi connectivity index (χ2v) is 5.80. The van der Waals surface area contributed by atoms with Gasteiger partial charge in [0.15, 0.2) is 0 Å². The maximum absolute atomic E-state index is 13.5. The van der Waals surface area contributed by atoms with Crippen LogP contribution in [0.1, 0.15) is 0 Å². The van der Waals surface area contributed by atoms with Crippen LogP contribution in [0.25, 0.3) is 0 Å². The van der Waals surface area contributed by atoms with E-state index in [1.165, 1.54) is 30.3 Å². The van der Waals surface area contributed by atoms with E-state index in [-0.39, 0.29) is 5.69 Å². The maximum Gasteiger partial charge on any atom is 0.460 e. The van der Waals surface area contributed by atoms with Gasteiger partial charge in [-0.2, -0.15) is 57.1 Å². The number of alkyl halides is 13. The molecule has 1 aromatic carbocycles. The van der Waals surface area contributed by atoms with Crippen LogP contribution < -0.4 is 16.2 Å². The summed E-state index contributed by atoms with van der Waals surface area (Å²) >= 11 is 0.